The molecule has 1 aliphatic rings. The van der Waals surface area contributed by atoms with E-state index in [1.807, 2.05) is 12.4 Å². The summed E-state index contributed by atoms with van der Waals surface area (Å²) in [5.74, 6) is 2.28. The van der Waals surface area contributed by atoms with Crippen LogP contribution in [0.4, 0.5) is 0 Å². The van der Waals surface area contributed by atoms with Gasteiger partial charge in [0, 0.05) is 18.0 Å². The summed E-state index contributed by atoms with van der Waals surface area (Å²) in [6.07, 6.45) is 11.5. The van der Waals surface area contributed by atoms with E-state index in [1.54, 1.807) is 0 Å². The molecule has 0 spiro atoms. The second-order valence-corrected chi connectivity index (χ2v) is 5.44. The van der Waals surface area contributed by atoms with Gasteiger partial charge in [0.05, 0.1) is 6.61 Å². The van der Waals surface area contributed by atoms with Gasteiger partial charge < -0.3 is 9.87 Å². The molecule has 3 heteroatoms. The van der Waals surface area contributed by atoms with Crippen molar-refractivity contribution in [3.05, 3.63) is 18.0 Å². The zero-order valence-corrected chi connectivity index (χ0v) is 11.6. The Bertz CT molecular complexity index is 348. The van der Waals surface area contributed by atoms with E-state index in [9.17, 15) is 0 Å². The quantitative estimate of drug-likeness (QED) is 0.772. The maximum Gasteiger partial charge on any atom is 0.185 e. The predicted molar refractivity (Wildman–Crippen MR) is 72.5 cm³/mol. The Kier molecular flexibility index (Phi) is 5.12. The lowest BCUT2D eigenvalue weighted by atomic mass is 9.86. The standard InChI is InChI=1S/C15H25NO2/c1-3-5-6-12(4-2)7-13-8-14-9-16-10-15(14)18-17-11-13/h9-10,12-13,16H,3-8,11H2,1-2H3. The molecule has 2 atom stereocenters. The topological polar surface area (TPSA) is 34.2 Å². The maximum atomic E-state index is 5.32. The van der Waals surface area contributed by atoms with Crippen molar-refractivity contribution in [3.63, 3.8) is 0 Å². The average molecular weight is 251 g/mol. The Hall–Kier alpha value is -0.960. The molecule has 2 heterocycles. The molecule has 0 saturated heterocycles. The van der Waals surface area contributed by atoms with Crippen LogP contribution in [0.1, 0.15) is 51.5 Å². The van der Waals surface area contributed by atoms with Gasteiger partial charge in [0.1, 0.15) is 0 Å². The van der Waals surface area contributed by atoms with Crippen LogP contribution in [0.2, 0.25) is 0 Å². The van der Waals surface area contributed by atoms with Gasteiger partial charge in [-0.15, -0.1) is 0 Å². The summed E-state index contributed by atoms with van der Waals surface area (Å²) >= 11 is 0. The minimum atomic E-state index is 0.587. The van der Waals surface area contributed by atoms with Gasteiger partial charge in [-0.1, -0.05) is 39.5 Å². The van der Waals surface area contributed by atoms with Crippen LogP contribution >= 0.6 is 0 Å². The smallest absolute Gasteiger partial charge is 0.185 e. The molecular weight excluding hydrogens is 226 g/mol. The molecule has 18 heavy (non-hydrogen) atoms. The van der Waals surface area contributed by atoms with Crippen molar-refractivity contribution in [1.29, 1.82) is 0 Å². The van der Waals surface area contributed by atoms with Crippen LogP contribution in [-0.2, 0) is 11.3 Å². The van der Waals surface area contributed by atoms with E-state index in [4.69, 9.17) is 9.78 Å². The Morgan fingerprint density at radius 1 is 1.39 bits per heavy atom. The Morgan fingerprint density at radius 2 is 2.28 bits per heavy atom. The second kappa shape index (κ2) is 6.83. The SMILES string of the molecule is CCCCC(CC)CC1COOc2c[nH]cc2C1. The molecule has 0 bridgehead atoms. The van der Waals surface area contributed by atoms with E-state index >= 15 is 0 Å². The Morgan fingerprint density at radius 3 is 3.06 bits per heavy atom. The number of unbranched alkanes of at least 4 members (excludes halogenated alkanes) is 1. The van der Waals surface area contributed by atoms with Gasteiger partial charge in [-0.2, -0.15) is 4.89 Å². The zero-order valence-electron chi connectivity index (χ0n) is 11.6. The van der Waals surface area contributed by atoms with Crippen molar-refractivity contribution in [2.24, 2.45) is 11.8 Å². The first kappa shape index (κ1) is 13.5. The maximum absolute atomic E-state index is 5.32. The largest absolute Gasteiger partial charge is 0.364 e. The molecule has 0 fully saturated rings. The first-order chi connectivity index (χ1) is 8.83. The van der Waals surface area contributed by atoms with Crippen LogP contribution in [0, 0.1) is 11.8 Å². The number of nitrogens with one attached hydrogen (secondary N) is 1. The van der Waals surface area contributed by atoms with E-state index in [0.717, 1.165) is 24.7 Å². The fourth-order valence-electron chi connectivity index (χ4n) is 2.79. The summed E-state index contributed by atoms with van der Waals surface area (Å²) in [6, 6.07) is 0. The van der Waals surface area contributed by atoms with Gasteiger partial charge in [-0.05, 0) is 24.7 Å². The summed E-state index contributed by atoms with van der Waals surface area (Å²) in [7, 11) is 0. The lowest BCUT2D eigenvalue weighted by Crippen LogP contribution is -2.15. The molecule has 0 radical (unpaired) electrons. The molecule has 0 amide bonds. The van der Waals surface area contributed by atoms with Crippen LogP contribution in [-0.4, -0.2) is 11.6 Å². The second-order valence-electron chi connectivity index (χ2n) is 5.44. The van der Waals surface area contributed by atoms with Gasteiger partial charge in [0.15, 0.2) is 5.75 Å². The van der Waals surface area contributed by atoms with Gasteiger partial charge in [-0.25, -0.2) is 0 Å². The minimum absolute atomic E-state index is 0.587. The van der Waals surface area contributed by atoms with Gasteiger partial charge in [0.2, 0.25) is 0 Å². The average Bonchev–Trinajstić information content (AvgIpc) is 2.73. The van der Waals surface area contributed by atoms with E-state index in [1.165, 1.54) is 37.7 Å². The third kappa shape index (κ3) is 3.52. The lowest BCUT2D eigenvalue weighted by molar-refractivity contribution is -0.212. The van der Waals surface area contributed by atoms with Crippen molar-refractivity contribution in [1.82, 2.24) is 4.98 Å². The normalized spacial score (nSPS) is 20.9. The fourth-order valence-corrected chi connectivity index (χ4v) is 2.79. The minimum Gasteiger partial charge on any atom is -0.364 e. The van der Waals surface area contributed by atoms with E-state index < -0.39 is 0 Å². The van der Waals surface area contributed by atoms with E-state index in [2.05, 4.69) is 18.8 Å². The molecule has 1 N–H and O–H groups in total. The number of fused-ring (bicyclic) bond motifs is 1. The highest BCUT2D eigenvalue weighted by atomic mass is 17.2. The Labute approximate surface area is 110 Å². The van der Waals surface area contributed by atoms with Crippen LogP contribution < -0.4 is 4.89 Å². The number of H-pyrrole nitrogens is 1. The molecule has 2 unspecified atom stereocenters. The molecular formula is C15H25NO2. The first-order valence-electron chi connectivity index (χ1n) is 7.28. The van der Waals surface area contributed by atoms with Crippen molar-refractivity contribution in [3.8, 4) is 5.75 Å². The summed E-state index contributed by atoms with van der Waals surface area (Å²) in [5.41, 5.74) is 1.25. The van der Waals surface area contributed by atoms with Crippen molar-refractivity contribution in [2.75, 3.05) is 6.61 Å². The molecule has 1 aromatic heterocycles. The van der Waals surface area contributed by atoms with Crippen molar-refractivity contribution < 1.29 is 9.78 Å². The molecule has 1 aliphatic heterocycles. The molecule has 0 aromatic carbocycles. The van der Waals surface area contributed by atoms with Gasteiger partial charge >= 0.3 is 0 Å². The number of rotatable bonds is 6. The number of aromatic nitrogens is 1. The highest BCUT2D eigenvalue weighted by Crippen LogP contribution is 2.30. The van der Waals surface area contributed by atoms with Crippen LogP contribution in [0.25, 0.3) is 0 Å². The van der Waals surface area contributed by atoms with Crippen molar-refractivity contribution >= 4 is 0 Å². The summed E-state index contributed by atoms with van der Waals surface area (Å²) in [5, 5.41) is 0. The monoisotopic (exact) mass is 251 g/mol. The Balaban J connectivity index is 1.89. The van der Waals surface area contributed by atoms with Crippen LogP contribution in [0.3, 0.4) is 0 Å². The summed E-state index contributed by atoms with van der Waals surface area (Å²) < 4.78 is 0. The summed E-state index contributed by atoms with van der Waals surface area (Å²) in [6.45, 7) is 5.29. The highest BCUT2D eigenvalue weighted by Gasteiger charge is 2.22. The van der Waals surface area contributed by atoms with Crippen LogP contribution in [0.5, 0.6) is 5.75 Å². The number of hydrogen-bond donors (Lipinski definition) is 1. The van der Waals surface area contributed by atoms with Crippen molar-refractivity contribution in [2.45, 2.75) is 52.4 Å². The van der Waals surface area contributed by atoms with Crippen LogP contribution in [0.15, 0.2) is 12.4 Å². The summed E-state index contributed by atoms with van der Waals surface area (Å²) in [4.78, 5) is 13.7. The first-order valence-corrected chi connectivity index (χ1v) is 7.28. The third-order valence-corrected chi connectivity index (χ3v) is 3.96. The molecule has 0 aliphatic carbocycles. The number of hydrogen-bond acceptors (Lipinski definition) is 2. The predicted octanol–water partition coefficient (Wildman–Crippen LogP) is 4.10. The number of aromatic amines is 1. The lowest BCUT2D eigenvalue weighted by Gasteiger charge is -2.20. The zero-order chi connectivity index (χ0) is 12.8. The molecule has 102 valence electrons. The van der Waals surface area contributed by atoms with Gasteiger partial charge in [-0.3, -0.25) is 0 Å². The van der Waals surface area contributed by atoms with E-state index in [0.29, 0.717) is 5.92 Å². The highest BCUT2D eigenvalue weighted by molar-refractivity contribution is 5.30. The van der Waals surface area contributed by atoms with Gasteiger partial charge in [0.25, 0.3) is 0 Å². The molecule has 1 aromatic rings. The molecule has 2 rings (SSSR count). The molecule has 3 nitrogen and oxygen atoms in total. The van der Waals surface area contributed by atoms with E-state index in [-0.39, 0.29) is 0 Å². The molecule has 0 saturated carbocycles. The fraction of sp³-hybridized carbons (Fsp3) is 0.733. The third-order valence-electron chi connectivity index (χ3n) is 3.96.